The predicted octanol–water partition coefficient (Wildman–Crippen LogP) is 3.90. The highest BCUT2D eigenvalue weighted by atomic mass is 28.4. The van der Waals surface area contributed by atoms with Crippen LogP contribution >= 0.6 is 0 Å². The average Bonchev–Trinajstić information content (AvgIpc) is 2.89. The third-order valence-electron chi connectivity index (χ3n) is 4.67. The fourth-order valence-electron chi connectivity index (χ4n) is 2.36. The van der Waals surface area contributed by atoms with Crippen LogP contribution in [0, 0.1) is 0 Å². The maximum absolute atomic E-state index is 6.69. The monoisotopic (exact) mass is 292 g/mol. The normalized spacial score (nSPS) is 21.9. The van der Waals surface area contributed by atoms with Crippen LogP contribution in [0.1, 0.15) is 45.4 Å². The minimum atomic E-state index is -1.80. The second kappa shape index (κ2) is 5.96. The van der Waals surface area contributed by atoms with Crippen molar-refractivity contribution < 1.29 is 4.43 Å². The van der Waals surface area contributed by atoms with E-state index in [-0.39, 0.29) is 11.1 Å². The summed E-state index contributed by atoms with van der Waals surface area (Å²) in [5.74, 6) is 0. The molecule has 1 N–H and O–H groups in total. The van der Waals surface area contributed by atoms with E-state index in [2.05, 4.69) is 56.3 Å². The Morgan fingerprint density at radius 2 is 2.10 bits per heavy atom. The number of rotatable bonds is 4. The average molecular weight is 292 g/mol. The van der Waals surface area contributed by atoms with Crippen molar-refractivity contribution in [2.75, 3.05) is 6.54 Å². The summed E-state index contributed by atoms with van der Waals surface area (Å²) < 4.78 is 6.69. The van der Waals surface area contributed by atoms with Crippen molar-refractivity contribution in [3.05, 3.63) is 30.1 Å². The molecule has 1 fully saturated rings. The van der Waals surface area contributed by atoms with Gasteiger partial charge in [0.25, 0.3) is 0 Å². The van der Waals surface area contributed by atoms with E-state index in [0.717, 1.165) is 12.2 Å². The molecule has 0 radical (unpaired) electrons. The first-order valence-corrected chi connectivity index (χ1v) is 10.5. The summed E-state index contributed by atoms with van der Waals surface area (Å²) in [6.45, 7) is 12.6. The van der Waals surface area contributed by atoms with Gasteiger partial charge in [0.1, 0.15) is 6.10 Å². The molecule has 1 saturated heterocycles. The highest BCUT2D eigenvalue weighted by Crippen LogP contribution is 2.41. The van der Waals surface area contributed by atoms with Crippen molar-refractivity contribution in [2.45, 2.75) is 63.9 Å². The standard InChI is InChI=1S/C16H28N2OSi/c1-16(2,3)20(4,5)19-15(14-10-8-12-18-14)13-9-6-7-11-17-13/h6-7,9,11,14-15,18H,8,10,12H2,1-5H3/t14-,15-/m0/s1. The predicted molar refractivity (Wildman–Crippen MR) is 86.3 cm³/mol. The van der Waals surface area contributed by atoms with Crippen LogP contribution in [-0.2, 0) is 4.43 Å². The Balaban J connectivity index is 2.24. The van der Waals surface area contributed by atoms with Crippen molar-refractivity contribution >= 4 is 8.32 Å². The lowest BCUT2D eigenvalue weighted by molar-refractivity contribution is 0.141. The summed E-state index contributed by atoms with van der Waals surface area (Å²) >= 11 is 0. The molecule has 0 bridgehead atoms. The third-order valence-corrected chi connectivity index (χ3v) is 9.13. The molecule has 1 aliphatic heterocycles. The number of nitrogens with zero attached hydrogens (tertiary/aromatic N) is 1. The number of pyridine rings is 1. The first-order valence-electron chi connectivity index (χ1n) is 7.63. The van der Waals surface area contributed by atoms with Crippen molar-refractivity contribution in [1.29, 1.82) is 0 Å². The summed E-state index contributed by atoms with van der Waals surface area (Å²) in [7, 11) is -1.80. The first kappa shape index (κ1) is 15.7. The number of nitrogens with one attached hydrogen (secondary N) is 1. The molecular formula is C16H28N2OSi. The summed E-state index contributed by atoms with van der Waals surface area (Å²) in [5.41, 5.74) is 1.07. The van der Waals surface area contributed by atoms with Gasteiger partial charge in [-0.15, -0.1) is 0 Å². The lowest BCUT2D eigenvalue weighted by atomic mass is 10.1. The highest BCUT2D eigenvalue weighted by molar-refractivity contribution is 6.74. The van der Waals surface area contributed by atoms with E-state index in [1.54, 1.807) is 0 Å². The second-order valence-corrected chi connectivity index (χ2v) is 12.0. The highest BCUT2D eigenvalue weighted by Gasteiger charge is 2.41. The lowest BCUT2D eigenvalue weighted by Crippen LogP contribution is -2.45. The Morgan fingerprint density at radius 3 is 2.60 bits per heavy atom. The smallest absolute Gasteiger partial charge is 0.193 e. The van der Waals surface area contributed by atoms with Gasteiger partial charge in [0, 0.05) is 12.2 Å². The SMILES string of the molecule is CC(C)(C)[Si](C)(C)O[C@@H](c1ccccn1)[C@@H]1CCCN1. The van der Waals surface area contributed by atoms with Gasteiger partial charge in [0.05, 0.1) is 5.69 Å². The maximum Gasteiger partial charge on any atom is 0.193 e. The molecule has 20 heavy (non-hydrogen) atoms. The molecule has 0 aliphatic carbocycles. The molecule has 0 saturated carbocycles. The lowest BCUT2D eigenvalue weighted by Gasteiger charge is -2.40. The van der Waals surface area contributed by atoms with Crippen molar-refractivity contribution in [3.8, 4) is 0 Å². The molecule has 0 unspecified atom stereocenters. The fourth-order valence-corrected chi connectivity index (χ4v) is 3.63. The van der Waals surface area contributed by atoms with Crippen LogP contribution in [0.25, 0.3) is 0 Å². The number of aromatic nitrogens is 1. The van der Waals surface area contributed by atoms with Crippen LogP contribution in [0.4, 0.5) is 0 Å². The van der Waals surface area contributed by atoms with Crippen LogP contribution in [0.3, 0.4) is 0 Å². The minimum Gasteiger partial charge on any atom is -0.407 e. The Bertz CT molecular complexity index is 422. The van der Waals surface area contributed by atoms with Crippen LogP contribution in [0.2, 0.25) is 18.1 Å². The quantitative estimate of drug-likeness (QED) is 0.855. The molecule has 0 spiro atoms. The van der Waals surface area contributed by atoms with Crippen LogP contribution < -0.4 is 5.32 Å². The molecule has 1 aromatic heterocycles. The molecule has 2 atom stereocenters. The van der Waals surface area contributed by atoms with E-state index in [9.17, 15) is 0 Å². The van der Waals surface area contributed by atoms with Gasteiger partial charge < -0.3 is 9.74 Å². The first-order chi connectivity index (χ1) is 9.31. The second-order valence-electron chi connectivity index (χ2n) is 7.26. The summed E-state index contributed by atoms with van der Waals surface area (Å²) in [6, 6.07) is 6.52. The molecule has 112 valence electrons. The number of hydrogen-bond acceptors (Lipinski definition) is 3. The van der Waals surface area contributed by atoms with E-state index in [1.165, 1.54) is 12.8 Å². The Hall–Kier alpha value is -0.713. The van der Waals surface area contributed by atoms with Gasteiger partial charge >= 0.3 is 0 Å². The molecule has 2 rings (SSSR count). The van der Waals surface area contributed by atoms with Gasteiger partial charge in [-0.05, 0) is 49.7 Å². The molecule has 0 aromatic carbocycles. The molecule has 1 aromatic rings. The summed E-state index contributed by atoms with van der Waals surface area (Å²) in [4.78, 5) is 4.55. The maximum atomic E-state index is 6.69. The van der Waals surface area contributed by atoms with Crippen molar-refractivity contribution in [3.63, 3.8) is 0 Å². The molecule has 3 nitrogen and oxygen atoms in total. The van der Waals surface area contributed by atoms with E-state index in [0.29, 0.717) is 6.04 Å². The van der Waals surface area contributed by atoms with Crippen LogP contribution in [-0.4, -0.2) is 25.9 Å². The zero-order chi connectivity index (χ0) is 14.8. The van der Waals surface area contributed by atoms with Crippen LogP contribution in [0.15, 0.2) is 24.4 Å². The Labute approximate surface area is 124 Å². The van der Waals surface area contributed by atoms with E-state index in [4.69, 9.17) is 4.43 Å². The topological polar surface area (TPSA) is 34.1 Å². The zero-order valence-corrected chi connectivity index (χ0v) is 14.4. The summed E-state index contributed by atoms with van der Waals surface area (Å²) in [6.07, 6.45) is 4.36. The summed E-state index contributed by atoms with van der Waals surface area (Å²) in [5, 5.41) is 3.81. The Morgan fingerprint density at radius 1 is 1.35 bits per heavy atom. The fraction of sp³-hybridized carbons (Fsp3) is 0.688. The van der Waals surface area contributed by atoms with E-state index < -0.39 is 8.32 Å². The van der Waals surface area contributed by atoms with Crippen molar-refractivity contribution in [2.24, 2.45) is 0 Å². The van der Waals surface area contributed by atoms with Gasteiger partial charge in [-0.25, -0.2) is 0 Å². The molecule has 2 heterocycles. The van der Waals surface area contributed by atoms with Gasteiger partial charge in [0.15, 0.2) is 8.32 Å². The van der Waals surface area contributed by atoms with Gasteiger partial charge in [-0.3, -0.25) is 4.98 Å². The molecule has 1 aliphatic rings. The van der Waals surface area contributed by atoms with Crippen molar-refractivity contribution in [1.82, 2.24) is 10.3 Å². The van der Waals surface area contributed by atoms with E-state index in [1.807, 2.05) is 12.3 Å². The number of hydrogen-bond donors (Lipinski definition) is 1. The van der Waals surface area contributed by atoms with Crippen LogP contribution in [0.5, 0.6) is 0 Å². The molecule has 0 amide bonds. The van der Waals surface area contributed by atoms with Gasteiger partial charge in [0.2, 0.25) is 0 Å². The Kier molecular flexibility index (Phi) is 4.67. The largest absolute Gasteiger partial charge is 0.407 e. The van der Waals surface area contributed by atoms with Gasteiger partial charge in [-0.1, -0.05) is 26.8 Å². The zero-order valence-electron chi connectivity index (χ0n) is 13.4. The molecular weight excluding hydrogens is 264 g/mol. The third kappa shape index (κ3) is 3.48. The van der Waals surface area contributed by atoms with E-state index >= 15 is 0 Å². The minimum absolute atomic E-state index is 0.0830. The van der Waals surface area contributed by atoms with Gasteiger partial charge in [-0.2, -0.15) is 0 Å². The molecule has 4 heteroatoms.